The molecule has 0 aliphatic heterocycles. The van der Waals surface area contributed by atoms with Gasteiger partial charge >= 0.3 is 0 Å². The first-order valence-electron chi connectivity index (χ1n) is 5.63. The van der Waals surface area contributed by atoms with E-state index < -0.39 is 15.9 Å². The highest BCUT2D eigenvalue weighted by Crippen LogP contribution is 2.21. The largest absolute Gasteiger partial charge is 0.321 e. The zero-order valence-corrected chi connectivity index (χ0v) is 13.1. The lowest BCUT2D eigenvalue weighted by atomic mass is 9.83. The van der Waals surface area contributed by atoms with Crippen molar-refractivity contribution in [2.24, 2.45) is 11.1 Å². The molecular weight excluding hydrogens is 286 g/mol. The van der Waals surface area contributed by atoms with Crippen LogP contribution in [0.25, 0.3) is 0 Å². The summed E-state index contributed by atoms with van der Waals surface area (Å²) in [5.74, 6) is -0.178. The first-order valence-corrected chi connectivity index (χ1v) is 7.52. The third-order valence-corrected chi connectivity index (χ3v) is 3.91. The summed E-state index contributed by atoms with van der Waals surface area (Å²) in [6.45, 7) is 5.67. The number of rotatable bonds is 3. The van der Waals surface area contributed by atoms with Crippen LogP contribution in [0.15, 0.2) is 29.2 Å². The van der Waals surface area contributed by atoms with Crippen LogP contribution in [-0.2, 0) is 9.84 Å². The van der Waals surface area contributed by atoms with Crippen LogP contribution >= 0.6 is 12.4 Å². The molecule has 0 saturated carbocycles. The molecule has 19 heavy (non-hydrogen) atoms. The van der Waals surface area contributed by atoms with Gasteiger partial charge in [0, 0.05) is 11.8 Å². The Labute approximate surface area is 120 Å². The van der Waals surface area contributed by atoms with Crippen molar-refractivity contribution in [3.8, 4) is 0 Å². The van der Waals surface area contributed by atoms with Crippen molar-refractivity contribution in [1.82, 2.24) is 0 Å². The topological polar surface area (TPSA) is 77.2 Å². The molecule has 0 saturated heterocycles. The fourth-order valence-corrected chi connectivity index (χ4v) is 2.07. The molecule has 0 radical (unpaired) electrons. The van der Waals surface area contributed by atoms with Crippen molar-refractivity contribution in [1.29, 1.82) is 0 Å². The minimum atomic E-state index is -3.24. The van der Waals surface area contributed by atoms with Crippen LogP contribution in [0.3, 0.4) is 0 Å². The molecule has 6 heteroatoms. The van der Waals surface area contributed by atoms with E-state index in [9.17, 15) is 13.2 Å². The molecule has 0 amide bonds. The van der Waals surface area contributed by atoms with Gasteiger partial charge in [0.15, 0.2) is 15.6 Å². The second-order valence-electron chi connectivity index (χ2n) is 5.50. The van der Waals surface area contributed by atoms with Gasteiger partial charge in [-0.05, 0) is 17.5 Å². The molecule has 1 atom stereocenters. The molecule has 0 bridgehead atoms. The Morgan fingerprint density at radius 1 is 1.16 bits per heavy atom. The van der Waals surface area contributed by atoms with Gasteiger partial charge in [-0.2, -0.15) is 0 Å². The summed E-state index contributed by atoms with van der Waals surface area (Å²) in [6.07, 6.45) is 1.13. The van der Waals surface area contributed by atoms with Crippen LogP contribution in [0.2, 0.25) is 0 Å². The minimum absolute atomic E-state index is 0. The number of benzene rings is 1. The maximum atomic E-state index is 12.1. The number of hydrogen-bond donors (Lipinski definition) is 1. The van der Waals surface area contributed by atoms with E-state index in [0.717, 1.165) is 6.26 Å². The zero-order valence-electron chi connectivity index (χ0n) is 11.5. The molecule has 0 spiro atoms. The van der Waals surface area contributed by atoms with Gasteiger partial charge in [0.05, 0.1) is 10.9 Å². The number of halogens is 1. The summed E-state index contributed by atoms with van der Waals surface area (Å²) in [6, 6.07) is 5.26. The molecule has 108 valence electrons. The summed E-state index contributed by atoms with van der Waals surface area (Å²) in [5, 5.41) is 0. The van der Waals surface area contributed by atoms with Gasteiger partial charge in [-0.15, -0.1) is 12.4 Å². The van der Waals surface area contributed by atoms with Gasteiger partial charge < -0.3 is 5.73 Å². The Balaban J connectivity index is 0.00000324. The van der Waals surface area contributed by atoms with E-state index in [1.165, 1.54) is 24.3 Å². The lowest BCUT2D eigenvalue weighted by Gasteiger charge is -2.25. The average Bonchev–Trinajstić information content (AvgIpc) is 2.25. The number of hydrogen-bond acceptors (Lipinski definition) is 4. The minimum Gasteiger partial charge on any atom is -0.321 e. The highest BCUT2D eigenvalue weighted by molar-refractivity contribution is 7.90. The third-order valence-electron chi connectivity index (χ3n) is 2.78. The highest BCUT2D eigenvalue weighted by Gasteiger charge is 2.28. The number of Topliss-reactive ketones (excluding diaryl/α,β-unsaturated/α-hetero) is 1. The molecular formula is C13H20ClNO3S. The van der Waals surface area contributed by atoms with Crippen LogP contribution in [0.4, 0.5) is 0 Å². The van der Waals surface area contributed by atoms with Crippen LogP contribution in [0.1, 0.15) is 31.1 Å². The Morgan fingerprint density at radius 3 is 1.89 bits per heavy atom. The van der Waals surface area contributed by atoms with Gasteiger partial charge in [-0.25, -0.2) is 8.42 Å². The van der Waals surface area contributed by atoms with Gasteiger partial charge in [-0.1, -0.05) is 32.9 Å². The quantitative estimate of drug-likeness (QED) is 0.867. The summed E-state index contributed by atoms with van der Waals surface area (Å²) >= 11 is 0. The Hall–Kier alpha value is -0.910. The lowest BCUT2D eigenvalue weighted by molar-refractivity contribution is 0.0901. The van der Waals surface area contributed by atoms with Crippen LogP contribution in [-0.4, -0.2) is 26.5 Å². The van der Waals surface area contributed by atoms with Gasteiger partial charge in [0.25, 0.3) is 0 Å². The number of sulfone groups is 1. The van der Waals surface area contributed by atoms with Crippen molar-refractivity contribution in [2.45, 2.75) is 31.7 Å². The van der Waals surface area contributed by atoms with Crippen molar-refractivity contribution in [2.75, 3.05) is 6.26 Å². The van der Waals surface area contributed by atoms with E-state index in [1.807, 2.05) is 20.8 Å². The summed E-state index contributed by atoms with van der Waals surface area (Å²) in [5.41, 5.74) is 5.99. The number of carbonyl (C=O) groups excluding carboxylic acids is 1. The fourth-order valence-electron chi connectivity index (χ4n) is 1.44. The molecule has 1 rings (SSSR count). The van der Waals surface area contributed by atoms with Crippen LogP contribution < -0.4 is 5.73 Å². The summed E-state index contributed by atoms with van der Waals surface area (Å²) in [4.78, 5) is 12.3. The highest BCUT2D eigenvalue weighted by atomic mass is 35.5. The molecule has 2 N–H and O–H groups in total. The smallest absolute Gasteiger partial charge is 0.180 e. The van der Waals surface area contributed by atoms with Crippen molar-refractivity contribution < 1.29 is 13.2 Å². The van der Waals surface area contributed by atoms with Gasteiger partial charge in [-0.3, -0.25) is 4.79 Å². The molecule has 0 aliphatic carbocycles. The van der Waals surface area contributed by atoms with E-state index >= 15 is 0 Å². The van der Waals surface area contributed by atoms with Crippen molar-refractivity contribution >= 4 is 28.0 Å². The number of carbonyl (C=O) groups is 1. The third kappa shape index (κ3) is 4.60. The molecule has 0 aliphatic rings. The molecule has 1 unspecified atom stereocenters. The lowest BCUT2D eigenvalue weighted by Crippen LogP contribution is -2.42. The first-order chi connectivity index (χ1) is 8.03. The maximum Gasteiger partial charge on any atom is 0.180 e. The van der Waals surface area contributed by atoms with Gasteiger partial charge in [0.1, 0.15) is 0 Å². The molecule has 4 nitrogen and oxygen atoms in total. The Morgan fingerprint density at radius 2 is 1.58 bits per heavy atom. The zero-order chi connectivity index (χ0) is 14.1. The van der Waals surface area contributed by atoms with Crippen molar-refractivity contribution in [3.63, 3.8) is 0 Å². The normalized spacial score (nSPS) is 13.5. The second-order valence-corrected chi connectivity index (χ2v) is 7.52. The molecule has 0 aromatic heterocycles. The monoisotopic (exact) mass is 305 g/mol. The maximum absolute atomic E-state index is 12.1. The van der Waals surface area contributed by atoms with Crippen molar-refractivity contribution in [3.05, 3.63) is 29.8 Å². The van der Waals surface area contributed by atoms with E-state index in [-0.39, 0.29) is 28.5 Å². The summed E-state index contributed by atoms with van der Waals surface area (Å²) in [7, 11) is -3.24. The van der Waals surface area contributed by atoms with E-state index in [2.05, 4.69) is 0 Å². The predicted octanol–water partition coefficient (Wildman–Crippen LogP) is 2.07. The molecule has 1 aromatic carbocycles. The Kier molecular flexibility index (Phi) is 5.74. The number of nitrogens with two attached hydrogens (primary N) is 1. The van der Waals surface area contributed by atoms with E-state index in [0.29, 0.717) is 5.56 Å². The standard InChI is InChI=1S/C13H19NO3S.ClH/c1-13(2,3)12(14)11(15)9-5-7-10(8-6-9)18(4,16)17;/h5-8,12H,14H2,1-4H3;1H. The fraction of sp³-hybridized carbons (Fsp3) is 0.462. The summed E-state index contributed by atoms with van der Waals surface area (Å²) < 4.78 is 22.6. The molecule has 0 heterocycles. The van der Waals surface area contributed by atoms with E-state index in [1.54, 1.807) is 0 Å². The van der Waals surface area contributed by atoms with Crippen LogP contribution in [0, 0.1) is 5.41 Å². The molecule has 0 fully saturated rings. The first kappa shape index (κ1) is 18.1. The average molecular weight is 306 g/mol. The SMILES string of the molecule is CC(C)(C)C(N)C(=O)c1ccc(S(C)(=O)=O)cc1.Cl. The van der Waals surface area contributed by atoms with Crippen LogP contribution in [0.5, 0.6) is 0 Å². The second kappa shape index (κ2) is 6.03. The number of ketones is 1. The van der Waals surface area contributed by atoms with Gasteiger partial charge in [0.2, 0.25) is 0 Å². The Bertz CT molecular complexity index is 544. The molecule has 1 aromatic rings. The predicted molar refractivity (Wildman–Crippen MR) is 78.6 cm³/mol. The van der Waals surface area contributed by atoms with E-state index in [4.69, 9.17) is 5.73 Å².